The van der Waals surface area contributed by atoms with Crippen LogP contribution in [-0.4, -0.2) is 55.2 Å². The van der Waals surface area contributed by atoms with Crippen molar-refractivity contribution < 1.29 is 29.3 Å². The second-order valence-electron chi connectivity index (χ2n) is 7.64. The molecule has 0 saturated carbocycles. The van der Waals surface area contributed by atoms with Crippen LogP contribution in [0.15, 0.2) is 18.5 Å². The summed E-state index contributed by atoms with van der Waals surface area (Å²) in [5.74, 6) is -1.13. The van der Waals surface area contributed by atoms with Crippen molar-refractivity contribution in [2.45, 2.75) is 64.1 Å². The number of hydrogen-bond acceptors (Lipinski definition) is 9. The number of aliphatic hydroxyl groups excluding tert-OH is 2. The van der Waals surface area contributed by atoms with Crippen LogP contribution in [0.1, 0.15) is 45.7 Å². The number of carbonyl (C=O) groups excluding carboxylic acids is 2. The number of aliphatic hydroxyl groups is 2. The number of nitrogens with zero attached hydrogens (tertiary/aromatic N) is 4. The van der Waals surface area contributed by atoms with Crippen molar-refractivity contribution in [3.8, 4) is 6.07 Å². The number of unbranched alkanes of at least 4 members (excludes halogenated alkanes) is 1. The van der Waals surface area contributed by atoms with Crippen molar-refractivity contribution in [3.63, 3.8) is 0 Å². The maximum Gasteiger partial charge on any atom is 0.310 e. The van der Waals surface area contributed by atoms with E-state index in [2.05, 4.69) is 15.4 Å². The molecule has 11 heteroatoms. The second-order valence-corrected chi connectivity index (χ2v) is 7.64. The maximum atomic E-state index is 12.1. The summed E-state index contributed by atoms with van der Waals surface area (Å²) < 4.78 is 12.0. The van der Waals surface area contributed by atoms with Crippen LogP contribution in [0.25, 0.3) is 5.52 Å². The summed E-state index contributed by atoms with van der Waals surface area (Å²) in [4.78, 5) is 28.1. The zero-order valence-electron chi connectivity index (χ0n) is 17.5. The Bertz CT molecular complexity index is 1020. The molecule has 0 aliphatic carbocycles. The zero-order chi connectivity index (χ0) is 22.8. The number of amides is 1. The molecule has 3 heterocycles. The molecule has 0 spiro atoms. The molecule has 2 aromatic rings. The molecule has 4 atom stereocenters. The summed E-state index contributed by atoms with van der Waals surface area (Å²) in [5, 5.41) is 37.7. The number of hydrogen-bond donors (Lipinski definition) is 3. The Morgan fingerprint density at radius 3 is 2.81 bits per heavy atom. The standard InChI is InChI=1S/C20H25N5O6/c1-4-5-6-14(26)24-17-12-7-8-13(25(12)23-10-22-17)20(9-21)16(28)15(27)19(31-20)30-18(29)11(2)3/h7-8,10-11,15-16,19,27-28H,4-6H2,1-3H3,(H,22,23,24,26)/t15-,16+,19-,20-/m0/s1. The van der Waals surface area contributed by atoms with Crippen LogP contribution in [-0.2, 0) is 24.7 Å². The van der Waals surface area contributed by atoms with Crippen LogP contribution in [0.2, 0.25) is 0 Å². The number of aromatic nitrogens is 3. The Kier molecular flexibility index (Phi) is 6.54. The largest absolute Gasteiger partial charge is 0.432 e. The summed E-state index contributed by atoms with van der Waals surface area (Å²) in [6, 6.07) is 4.91. The molecule has 0 aromatic carbocycles. The third-order valence-corrected chi connectivity index (χ3v) is 5.04. The van der Waals surface area contributed by atoms with Crippen LogP contribution in [0.5, 0.6) is 0 Å². The van der Waals surface area contributed by atoms with Crippen LogP contribution in [0.3, 0.4) is 0 Å². The molecule has 3 rings (SSSR count). The first-order valence-electron chi connectivity index (χ1n) is 10.0. The highest BCUT2D eigenvalue weighted by atomic mass is 16.7. The second kappa shape index (κ2) is 8.97. The lowest BCUT2D eigenvalue weighted by Gasteiger charge is -2.23. The van der Waals surface area contributed by atoms with Crippen molar-refractivity contribution in [2.24, 2.45) is 5.92 Å². The van der Waals surface area contributed by atoms with Crippen molar-refractivity contribution in [1.82, 2.24) is 14.6 Å². The maximum absolute atomic E-state index is 12.1. The number of nitriles is 1. The Morgan fingerprint density at radius 2 is 2.16 bits per heavy atom. The van der Waals surface area contributed by atoms with E-state index in [9.17, 15) is 25.1 Å². The summed E-state index contributed by atoms with van der Waals surface area (Å²) >= 11 is 0. The summed E-state index contributed by atoms with van der Waals surface area (Å²) in [7, 11) is 0. The van der Waals surface area contributed by atoms with Gasteiger partial charge in [-0.15, -0.1) is 0 Å². The highest BCUT2D eigenvalue weighted by Crippen LogP contribution is 2.41. The molecular formula is C20H25N5O6. The third-order valence-electron chi connectivity index (χ3n) is 5.04. The zero-order valence-corrected chi connectivity index (χ0v) is 17.5. The molecule has 1 aliphatic rings. The fourth-order valence-electron chi connectivity index (χ4n) is 3.26. The summed E-state index contributed by atoms with van der Waals surface area (Å²) in [6.07, 6.45) is -1.80. The molecule has 0 bridgehead atoms. The van der Waals surface area contributed by atoms with Crippen LogP contribution in [0, 0.1) is 17.2 Å². The number of nitrogens with one attached hydrogen (secondary N) is 1. The lowest BCUT2D eigenvalue weighted by Crippen LogP contribution is -2.41. The topological polar surface area (TPSA) is 159 Å². The molecule has 0 radical (unpaired) electrons. The van der Waals surface area contributed by atoms with Gasteiger partial charge in [-0.3, -0.25) is 9.59 Å². The Morgan fingerprint density at radius 1 is 1.42 bits per heavy atom. The lowest BCUT2D eigenvalue weighted by atomic mass is 9.93. The van der Waals surface area contributed by atoms with Crippen LogP contribution < -0.4 is 5.32 Å². The van der Waals surface area contributed by atoms with Crippen LogP contribution >= 0.6 is 0 Å². The van der Waals surface area contributed by atoms with Gasteiger partial charge in [0.25, 0.3) is 0 Å². The first kappa shape index (κ1) is 22.6. The summed E-state index contributed by atoms with van der Waals surface area (Å²) in [6.45, 7) is 5.18. The average Bonchev–Trinajstić information content (AvgIpc) is 3.28. The smallest absolute Gasteiger partial charge is 0.310 e. The van der Waals surface area contributed by atoms with E-state index in [0.29, 0.717) is 11.9 Å². The van der Waals surface area contributed by atoms with Crippen molar-refractivity contribution in [3.05, 3.63) is 24.2 Å². The first-order chi connectivity index (χ1) is 14.7. The number of fused-ring (bicyclic) bond motifs is 1. The molecular weight excluding hydrogens is 406 g/mol. The number of anilines is 1. The van der Waals surface area contributed by atoms with Gasteiger partial charge >= 0.3 is 5.97 Å². The fraction of sp³-hybridized carbons (Fsp3) is 0.550. The van der Waals surface area contributed by atoms with E-state index in [1.807, 2.05) is 13.0 Å². The minimum atomic E-state index is -2.06. The number of rotatable bonds is 7. The number of carbonyl (C=O) groups is 2. The molecule has 31 heavy (non-hydrogen) atoms. The molecule has 166 valence electrons. The Hall–Kier alpha value is -3.07. The average molecular weight is 431 g/mol. The fourth-order valence-corrected chi connectivity index (χ4v) is 3.26. The van der Waals surface area contributed by atoms with Gasteiger partial charge in [0.15, 0.2) is 5.82 Å². The Labute approximate surface area is 178 Å². The van der Waals surface area contributed by atoms with Crippen molar-refractivity contribution in [2.75, 3.05) is 5.32 Å². The van der Waals surface area contributed by atoms with Gasteiger partial charge in [0, 0.05) is 6.42 Å². The van der Waals surface area contributed by atoms with Gasteiger partial charge in [-0.1, -0.05) is 27.2 Å². The van der Waals surface area contributed by atoms with Gasteiger partial charge in [0.05, 0.1) is 11.6 Å². The van der Waals surface area contributed by atoms with Gasteiger partial charge in [0.2, 0.25) is 17.8 Å². The molecule has 2 aromatic heterocycles. The van der Waals surface area contributed by atoms with Gasteiger partial charge in [-0.25, -0.2) is 9.50 Å². The Balaban J connectivity index is 1.96. The monoisotopic (exact) mass is 431 g/mol. The van der Waals surface area contributed by atoms with Gasteiger partial charge in [-0.05, 0) is 18.6 Å². The van der Waals surface area contributed by atoms with Gasteiger partial charge in [0.1, 0.15) is 30.1 Å². The predicted molar refractivity (Wildman–Crippen MR) is 106 cm³/mol. The highest BCUT2D eigenvalue weighted by Gasteiger charge is 2.59. The number of ether oxygens (including phenoxy) is 2. The van der Waals surface area contributed by atoms with Gasteiger partial charge < -0.3 is 25.0 Å². The minimum Gasteiger partial charge on any atom is -0.432 e. The highest BCUT2D eigenvalue weighted by molar-refractivity contribution is 5.93. The quantitative estimate of drug-likeness (QED) is 0.540. The van der Waals surface area contributed by atoms with Gasteiger partial charge in [-0.2, -0.15) is 10.4 Å². The molecule has 3 N–H and O–H groups in total. The van der Waals surface area contributed by atoms with E-state index in [1.165, 1.54) is 16.9 Å². The predicted octanol–water partition coefficient (Wildman–Crippen LogP) is 0.854. The third kappa shape index (κ3) is 4.10. The molecule has 0 unspecified atom stereocenters. The molecule has 1 fully saturated rings. The molecule has 1 saturated heterocycles. The van der Waals surface area contributed by atoms with E-state index in [0.717, 1.165) is 12.8 Å². The lowest BCUT2D eigenvalue weighted by molar-refractivity contribution is -0.198. The SMILES string of the molecule is CCCCC(=O)Nc1ncnn2c([C@]3(C#N)O[C@H](OC(=O)C(C)C)[C@@H](O)[C@H]3O)ccc12. The van der Waals surface area contributed by atoms with E-state index >= 15 is 0 Å². The van der Waals surface area contributed by atoms with E-state index in [1.54, 1.807) is 19.9 Å². The van der Waals surface area contributed by atoms with Crippen molar-refractivity contribution in [1.29, 1.82) is 5.26 Å². The normalized spacial score (nSPS) is 25.5. The minimum absolute atomic E-state index is 0.0890. The van der Waals surface area contributed by atoms with Crippen molar-refractivity contribution >= 4 is 23.2 Å². The summed E-state index contributed by atoms with van der Waals surface area (Å²) in [5.41, 5.74) is -1.61. The van der Waals surface area contributed by atoms with Crippen LogP contribution in [0.4, 0.5) is 5.82 Å². The number of esters is 1. The molecule has 11 nitrogen and oxygen atoms in total. The van der Waals surface area contributed by atoms with E-state index in [4.69, 9.17) is 9.47 Å². The van der Waals surface area contributed by atoms with E-state index < -0.39 is 36.0 Å². The molecule has 1 aliphatic heterocycles. The first-order valence-corrected chi connectivity index (χ1v) is 10.0. The van der Waals surface area contributed by atoms with E-state index in [-0.39, 0.29) is 17.4 Å². The molecule has 1 amide bonds.